The van der Waals surface area contributed by atoms with E-state index in [1.807, 2.05) is 61.7 Å². The molecule has 0 bridgehead atoms. The van der Waals surface area contributed by atoms with Gasteiger partial charge < -0.3 is 24.8 Å². The van der Waals surface area contributed by atoms with Gasteiger partial charge in [-0.2, -0.15) is 0 Å². The van der Waals surface area contributed by atoms with Crippen molar-refractivity contribution in [1.29, 1.82) is 0 Å². The Labute approximate surface area is 199 Å². The molecule has 0 radical (unpaired) electrons. The SMILES string of the molecule is COCCn1cccc1[C@H]1[C@@H](c2ccccn2)NC(=S)N1CCC(=O)Nc1ccccc1C. The maximum absolute atomic E-state index is 12.7. The molecule has 0 saturated carbocycles. The van der Waals surface area contributed by atoms with Gasteiger partial charge >= 0.3 is 0 Å². The first-order valence-electron chi connectivity index (χ1n) is 11.1. The molecule has 1 amide bonds. The van der Waals surface area contributed by atoms with Crippen molar-refractivity contribution in [3.8, 4) is 0 Å². The number of ether oxygens (including phenoxy) is 1. The van der Waals surface area contributed by atoms with Gasteiger partial charge in [-0.25, -0.2) is 0 Å². The number of anilines is 1. The second kappa shape index (κ2) is 10.6. The molecule has 1 saturated heterocycles. The zero-order valence-corrected chi connectivity index (χ0v) is 19.7. The van der Waals surface area contributed by atoms with Crippen LogP contribution in [0.1, 0.15) is 35.5 Å². The zero-order valence-electron chi connectivity index (χ0n) is 18.9. The van der Waals surface area contributed by atoms with Gasteiger partial charge in [0, 0.05) is 50.4 Å². The molecule has 172 valence electrons. The summed E-state index contributed by atoms with van der Waals surface area (Å²) in [5, 5.41) is 7.08. The second-order valence-electron chi connectivity index (χ2n) is 8.05. The zero-order chi connectivity index (χ0) is 23.2. The standard InChI is InChI=1S/C25H29N5O2S/c1-18-8-3-4-9-19(18)27-22(31)12-15-30-24(21-11-7-14-29(21)16-17-32-2)23(28-25(30)33)20-10-5-6-13-26-20/h3-11,13-14,23-24H,12,15-17H2,1-2H3,(H,27,31)(H,28,33)/t23-,24+/m1/s1. The molecule has 2 atom stereocenters. The quantitative estimate of drug-likeness (QED) is 0.470. The summed E-state index contributed by atoms with van der Waals surface area (Å²) in [6, 6.07) is 17.6. The molecule has 0 spiro atoms. The first-order valence-corrected chi connectivity index (χ1v) is 11.5. The molecule has 3 aromatic rings. The molecule has 1 aromatic carbocycles. The third-order valence-corrected chi connectivity index (χ3v) is 6.25. The normalized spacial score (nSPS) is 17.8. The first kappa shape index (κ1) is 22.9. The number of hydrogen-bond donors (Lipinski definition) is 2. The minimum atomic E-state index is -0.116. The largest absolute Gasteiger partial charge is 0.383 e. The number of thiocarbonyl (C=S) groups is 1. The Balaban J connectivity index is 1.56. The Morgan fingerprint density at radius 1 is 1.15 bits per heavy atom. The lowest BCUT2D eigenvalue weighted by Gasteiger charge is -2.28. The van der Waals surface area contributed by atoms with Crippen LogP contribution in [0.5, 0.6) is 0 Å². The number of para-hydroxylation sites is 1. The number of carbonyl (C=O) groups is 1. The van der Waals surface area contributed by atoms with Crippen LogP contribution in [0.15, 0.2) is 67.0 Å². The van der Waals surface area contributed by atoms with Crippen molar-refractivity contribution in [3.05, 3.63) is 83.9 Å². The van der Waals surface area contributed by atoms with Crippen LogP contribution in [0.3, 0.4) is 0 Å². The van der Waals surface area contributed by atoms with Crippen LogP contribution in [0, 0.1) is 6.92 Å². The fourth-order valence-corrected chi connectivity index (χ4v) is 4.54. The number of rotatable bonds is 9. The van der Waals surface area contributed by atoms with Gasteiger partial charge in [-0.15, -0.1) is 0 Å². The number of aromatic nitrogens is 2. The number of benzene rings is 1. The minimum Gasteiger partial charge on any atom is -0.383 e. The number of nitrogens with zero attached hydrogens (tertiary/aromatic N) is 3. The first-order chi connectivity index (χ1) is 16.1. The molecule has 2 aromatic heterocycles. The number of methoxy groups -OCH3 is 1. The van der Waals surface area contributed by atoms with Crippen LogP contribution >= 0.6 is 12.2 Å². The van der Waals surface area contributed by atoms with Gasteiger partial charge in [0.15, 0.2) is 5.11 Å². The van der Waals surface area contributed by atoms with Crippen LogP contribution in [0.4, 0.5) is 5.69 Å². The van der Waals surface area contributed by atoms with E-state index in [0.29, 0.717) is 24.7 Å². The molecular weight excluding hydrogens is 434 g/mol. The van der Waals surface area contributed by atoms with Gasteiger partial charge in [0.05, 0.1) is 24.4 Å². The monoisotopic (exact) mass is 463 g/mol. The van der Waals surface area contributed by atoms with Crippen LogP contribution in [0.25, 0.3) is 0 Å². The summed E-state index contributed by atoms with van der Waals surface area (Å²) in [5.41, 5.74) is 3.89. The molecule has 33 heavy (non-hydrogen) atoms. The Morgan fingerprint density at radius 3 is 2.73 bits per heavy atom. The van der Waals surface area contributed by atoms with Crippen molar-refractivity contribution in [1.82, 2.24) is 19.8 Å². The Hall–Kier alpha value is -3.23. The molecule has 1 aliphatic rings. The van der Waals surface area contributed by atoms with E-state index in [0.717, 1.165) is 29.2 Å². The lowest BCUT2D eigenvalue weighted by atomic mass is 10.0. The van der Waals surface area contributed by atoms with Gasteiger partial charge in [0.2, 0.25) is 5.91 Å². The van der Waals surface area contributed by atoms with Crippen LogP contribution in [-0.4, -0.2) is 45.7 Å². The predicted molar refractivity (Wildman–Crippen MR) is 133 cm³/mol. The van der Waals surface area contributed by atoms with Crippen molar-refractivity contribution < 1.29 is 9.53 Å². The van der Waals surface area contributed by atoms with Crippen molar-refractivity contribution >= 4 is 28.9 Å². The third-order valence-electron chi connectivity index (χ3n) is 5.90. The van der Waals surface area contributed by atoms with E-state index in [9.17, 15) is 4.79 Å². The van der Waals surface area contributed by atoms with E-state index in [1.165, 1.54) is 0 Å². The van der Waals surface area contributed by atoms with Gasteiger partial charge in [0.1, 0.15) is 0 Å². The highest BCUT2D eigenvalue weighted by molar-refractivity contribution is 7.80. The molecule has 2 N–H and O–H groups in total. The van der Waals surface area contributed by atoms with Crippen molar-refractivity contribution in [2.24, 2.45) is 0 Å². The van der Waals surface area contributed by atoms with Crippen LogP contribution < -0.4 is 10.6 Å². The number of hydrogen-bond acceptors (Lipinski definition) is 4. The van der Waals surface area contributed by atoms with Gasteiger partial charge in [-0.1, -0.05) is 24.3 Å². The summed E-state index contributed by atoms with van der Waals surface area (Å²) >= 11 is 5.72. The highest BCUT2D eigenvalue weighted by Gasteiger charge is 2.41. The Kier molecular flexibility index (Phi) is 7.36. The highest BCUT2D eigenvalue weighted by atomic mass is 32.1. The number of carbonyl (C=O) groups excluding carboxylic acids is 1. The average molecular weight is 464 g/mol. The summed E-state index contributed by atoms with van der Waals surface area (Å²) in [6.45, 7) is 3.82. The van der Waals surface area contributed by atoms with Crippen molar-refractivity contribution in [3.63, 3.8) is 0 Å². The summed E-state index contributed by atoms with van der Waals surface area (Å²) in [6.07, 6.45) is 4.16. The Morgan fingerprint density at radius 2 is 1.97 bits per heavy atom. The summed E-state index contributed by atoms with van der Waals surface area (Å²) < 4.78 is 7.48. The molecule has 1 fully saturated rings. The minimum absolute atomic E-state index is 0.0399. The molecule has 1 aliphatic heterocycles. The summed E-state index contributed by atoms with van der Waals surface area (Å²) in [4.78, 5) is 19.4. The van der Waals surface area contributed by atoms with E-state index < -0.39 is 0 Å². The molecule has 0 aliphatic carbocycles. The molecule has 4 rings (SSSR count). The fraction of sp³-hybridized carbons (Fsp3) is 0.320. The van der Waals surface area contributed by atoms with Crippen LogP contribution in [0.2, 0.25) is 0 Å². The fourth-order valence-electron chi connectivity index (χ4n) is 4.20. The van der Waals surface area contributed by atoms with E-state index in [4.69, 9.17) is 17.0 Å². The molecule has 0 unspecified atom stereocenters. The molecule has 8 heteroatoms. The van der Waals surface area contributed by atoms with Gasteiger partial charge in [-0.3, -0.25) is 9.78 Å². The van der Waals surface area contributed by atoms with E-state index >= 15 is 0 Å². The maximum Gasteiger partial charge on any atom is 0.226 e. The molecule has 7 nitrogen and oxygen atoms in total. The van der Waals surface area contributed by atoms with Gasteiger partial charge in [0.25, 0.3) is 0 Å². The smallest absolute Gasteiger partial charge is 0.226 e. The summed E-state index contributed by atoms with van der Waals surface area (Å²) in [7, 11) is 1.70. The number of aryl methyl sites for hydroxylation is 1. The van der Waals surface area contributed by atoms with E-state index in [-0.39, 0.29) is 18.0 Å². The lowest BCUT2D eigenvalue weighted by molar-refractivity contribution is -0.116. The number of nitrogens with one attached hydrogen (secondary N) is 2. The third kappa shape index (κ3) is 5.23. The van der Waals surface area contributed by atoms with Crippen molar-refractivity contribution in [2.45, 2.75) is 32.0 Å². The molecular formula is C25H29N5O2S. The highest BCUT2D eigenvalue weighted by Crippen LogP contribution is 2.38. The Bertz CT molecular complexity index is 1100. The number of amides is 1. The van der Waals surface area contributed by atoms with Crippen LogP contribution in [-0.2, 0) is 16.1 Å². The van der Waals surface area contributed by atoms with E-state index in [2.05, 4.69) is 31.2 Å². The van der Waals surface area contributed by atoms with Gasteiger partial charge in [-0.05, 0) is 55.0 Å². The summed E-state index contributed by atoms with van der Waals surface area (Å²) in [5.74, 6) is -0.0399. The topological polar surface area (TPSA) is 71.4 Å². The molecule has 3 heterocycles. The average Bonchev–Trinajstić information content (AvgIpc) is 3.42. The number of pyridine rings is 1. The van der Waals surface area contributed by atoms with Crippen molar-refractivity contribution in [2.75, 3.05) is 25.6 Å². The predicted octanol–water partition coefficient (Wildman–Crippen LogP) is 3.84. The lowest BCUT2D eigenvalue weighted by Crippen LogP contribution is -2.33. The second-order valence-corrected chi connectivity index (χ2v) is 8.44. The maximum atomic E-state index is 12.7. The van der Waals surface area contributed by atoms with E-state index in [1.54, 1.807) is 13.3 Å².